The number of hydrogen-bond donors (Lipinski definition) is 3. The van der Waals surface area contributed by atoms with Crippen LogP contribution in [-0.2, 0) is 35.6 Å². The molecule has 2 unspecified atom stereocenters. The van der Waals surface area contributed by atoms with E-state index in [4.69, 9.17) is 14.5 Å². The van der Waals surface area contributed by atoms with E-state index in [2.05, 4.69) is 29.2 Å². The van der Waals surface area contributed by atoms with Gasteiger partial charge in [-0.1, -0.05) is 51.0 Å². The molecular formula is C44H56FN5O8S. The normalized spacial score (nSPS) is 33.0. The van der Waals surface area contributed by atoms with E-state index in [-0.39, 0.29) is 36.8 Å². The van der Waals surface area contributed by atoms with Crippen molar-refractivity contribution in [1.29, 1.82) is 0 Å². The van der Waals surface area contributed by atoms with Crippen molar-refractivity contribution >= 4 is 44.7 Å². The van der Waals surface area contributed by atoms with Crippen molar-refractivity contribution < 1.29 is 41.5 Å². The van der Waals surface area contributed by atoms with Crippen molar-refractivity contribution in [3.8, 4) is 5.75 Å². The average molecular weight is 834 g/mol. The number of nitrogens with one attached hydrogen (secondary N) is 3. The Hall–Kier alpha value is -4.27. The Kier molecular flexibility index (Phi) is 9.82. The first kappa shape index (κ1) is 40.2. The number of alkyl carbamates (subject to hydrolysis) is 1. The average Bonchev–Trinajstić information content (AvgIpc) is 4.14. The number of carbonyl (C=O) groups excluding carboxylic acids is 4. The van der Waals surface area contributed by atoms with Crippen LogP contribution < -0.4 is 20.1 Å². The standard InChI is InChI=1S/C44H56FN5O8S/c1-41(2)19-10-15-33(41)57-40(54)46-31-14-8-6-4-5-7-11-27-23-44(27,39(53)49-59(55,56)42(3)21-22-42)48-37(51)32-24-43(25-50(32)38(31)52)20-18-29-28-12-9-13-30(45)35(28)47-34(26-16-17-26)36(29)58-43/h7,9,11-13,26-27,31-33H,4-6,8,10,14-25H2,1-3H3,(H,46,54)(H,48,51)(H,49,53)/b11-7-/t27?,31-,32+,33?,43-,44-/m1/s1. The number of aromatic nitrogens is 1. The number of ether oxygens (including phenoxy) is 2. The first-order chi connectivity index (χ1) is 28.0. The number of pyridine rings is 1. The molecule has 1 spiro atoms. The Morgan fingerprint density at radius 2 is 1.80 bits per heavy atom. The van der Waals surface area contributed by atoms with Gasteiger partial charge in [-0.3, -0.25) is 19.1 Å². The van der Waals surface area contributed by atoms with Crippen LogP contribution >= 0.6 is 0 Å². The molecule has 3 aliphatic heterocycles. The van der Waals surface area contributed by atoms with Gasteiger partial charge in [-0.25, -0.2) is 22.6 Å². The largest absolute Gasteiger partial charge is 0.483 e. The molecule has 4 aliphatic carbocycles. The zero-order chi connectivity index (χ0) is 41.5. The molecular weight excluding hydrogens is 778 g/mol. The van der Waals surface area contributed by atoms with Crippen LogP contribution in [0.1, 0.15) is 134 Å². The van der Waals surface area contributed by atoms with Crippen molar-refractivity contribution in [2.75, 3.05) is 6.54 Å². The van der Waals surface area contributed by atoms with E-state index in [0.29, 0.717) is 67.3 Å². The van der Waals surface area contributed by atoms with Crippen LogP contribution in [-0.4, -0.2) is 82.7 Å². The molecule has 59 heavy (non-hydrogen) atoms. The molecule has 1 saturated heterocycles. The third-order valence-corrected chi connectivity index (χ3v) is 16.6. The number of benzene rings is 1. The summed E-state index contributed by atoms with van der Waals surface area (Å²) in [7, 11) is -4.01. The van der Waals surface area contributed by atoms with Crippen molar-refractivity contribution in [2.24, 2.45) is 11.3 Å². The molecule has 13 nitrogen and oxygen atoms in total. The zero-order valence-corrected chi connectivity index (χ0v) is 35.1. The maximum atomic E-state index is 15.1. The number of fused-ring (bicyclic) bond motifs is 5. The summed E-state index contributed by atoms with van der Waals surface area (Å²) in [4.78, 5) is 63.7. The molecule has 0 bridgehead atoms. The van der Waals surface area contributed by atoms with Gasteiger partial charge in [0.05, 0.1) is 17.0 Å². The minimum Gasteiger partial charge on any atom is -0.483 e. The predicted octanol–water partition coefficient (Wildman–Crippen LogP) is 5.98. The van der Waals surface area contributed by atoms with E-state index < -0.39 is 73.5 Å². The highest BCUT2D eigenvalue weighted by Gasteiger charge is 2.64. The van der Waals surface area contributed by atoms with Gasteiger partial charge in [0.25, 0.3) is 5.91 Å². The van der Waals surface area contributed by atoms with Gasteiger partial charge in [-0.15, -0.1) is 0 Å². The van der Waals surface area contributed by atoms with Gasteiger partial charge < -0.3 is 25.0 Å². The SMILES string of the molecule is CC1(C)CCCC1OC(=O)N[C@@H]1CCCCC/C=C\C2C[C@@]2(C(=O)NS(=O)(=O)C2(C)CC2)NC(=O)[C@@H]2C[C@]3(CCc4c(c(C5CC5)nc5c(F)cccc45)O3)CN2C1=O. The van der Waals surface area contributed by atoms with Gasteiger partial charge in [-0.05, 0) is 96.5 Å². The molecule has 2 aromatic rings. The molecule has 318 valence electrons. The highest BCUT2D eigenvalue weighted by atomic mass is 32.2. The molecule has 1 aromatic heterocycles. The second-order valence-electron chi connectivity index (χ2n) is 19.4. The first-order valence-electron chi connectivity index (χ1n) is 21.7. The molecule has 4 heterocycles. The molecule has 6 atom stereocenters. The van der Waals surface area contributed by atoms with Crippen molar-refractivity contribution in [3.05, 3.63) is 47.4 Å². The van der Waals surface area contributed by atoms with Crippen LogP contribution in [0.5, 0.6) is 5.75 Å². The fourth-order valence-electron chi connectivity index (χ4n) is 10.00. The number of nitrogens with zero attached hydrogens (tertiary/aromatic N) is 2. The summed E-state index contributed by atoms with van der Waals surface area (Å²) in [6.45, 7) is 5.76. The van der Waals surface area contributed by atoms with E-state index in [1.807, 2.05) is 18.2 Å². The fourth-order valence-corrected chi connectivity index (χ4v) is 11.3. The number of aryl methyl sites for hydroxylation is 1. The molecule has 3 N–H and O–H groups in total. The number of amides is 4. The Morgan fingerprint density at radius 1 is 1.00 bits per heavy atom. The molecule has 4 saturated carbocycles. The summed E-state index contributed by atoms with van der Waals surface area (Å²) in [6, 6.07) is 2.78. The van der Waals surface area contributed by atoms with E-state index in [9.17, 15) is 27.6 Å². The Balaban J connectivity index is 1.06. The predicted molar refractivity (Wildman–Crippen MR) is 216 cm³/mol. The van der Waals surface area contributed by atoms with Crippen LogP contribution in [0, 0.1) is 17.2 Å². The third kappa shape index (κ3) is 7.36. The second kappa shape index (κ2) is 14.4. The van der Waals surface area contributed by atoms with Crippen LogP contribution in [0.25, 0.3) is 10.9 Å². The molecule has 5 fully saturated rings. The summed E-state index contributed by atoms with van der Waals surface area (Å²) in [6.07, 6.45) is 12.5. The molecule has 7 aliphatic rings. The molecule has 4 amide bonds. The van der Waals surface area contributed by atoms with E-state index >= 15 is 4.39 Å². The van der Waals surface area contributed by atoms with Gasteiger partial charge in [0.1, 0.15) is 46.4 Å². The summed E-state index contributed by atoms with van der Waals surface area (Å²) in [5.74, 6) is -2.01. The minimum atomic E-state index is -4.01. The number of allylic oxidation sites excluding steroid dienone is 1. The van der Waals surface area contributed by atoms with Crippen LogP contribution in [0.3, 0.4) is 0 Å². The number of carbonyl (C=O) groups is 4. The Bertz CT molecular complexity index is 2240. The van der Waals surface area contributed by atoms with Crippen LogP contribution in [0.15, 0.2) is 30.4 Å². The summed E-state index contributed by atoms with van der Waals surface area (Å²) < 4.78 is 55.9. The highest BCUT2D eigenvalue weighted by Crippen LogP contribution is 2.52. The lowest BCUT2D eigenvalue weighted by atomic mass is 9.86. The minimum absolute atomic E-state index is 0.0206. The number of para-hydroxylation sites is 1. The molecule has 1 aromatic carbocycles. The van der Waals surface area contributed by atoms with Gasteiger partial charge in [0, 0.05) is 34.6 Å². The smallest absolute Gasteiger partial charge is 0.408 e. The lowest BCUT2D eigenvalue weighted by molar-refractivity contribution is -0.141. The monoisotopic (exact) mass is 833 g/mol. The van der Waals surface area contributed by atoms with Crippen LogP contribution in [0.2, 0.25) is 0 Å². The first-order valence-corrected chi connectivity index (χ1v) is 23.2. The Labute approximate surface area is 345 Å². The second-order valence-corrected chi connectivity index (χ2v) is 21.6. The van der Waals surface area contributed by atoms with Crippen molar-refractivity contribution in [3.63, 3.8) is 0 Å². The molecule has 0 radical (unpaired) electrons. The lowest BCUT2D eigenvalue weighted by Gasteiger charge is -2.37. The molecule has 15 heteroatoms. The number of halogens is 1. The maximum absolute atomic E-state index is 15.1. The topological polar surface area (TPSA) is 173 Å². The maximum Gasteiger partial charge on any atom is 0.408 e. The van der Waals surface area contributed by atoms with E-state index in [0.717, 1.165) is 50.5 Å². The molecule has 9 rings (SSSR count). The lowest BCUT2D eigenvalue weighted by Crippen LogP contribution is -2.58. The Morgan fingerprint density at radius 3 is 2.53 bits per heavy atom. The number of rotatable bonds is 6. The quantitative estimate of drug-likeness (QED) is 0.296. The highest BCUT2D eigenvalue weighted by molar-refractivity contribution is 7.91. The third-order valence-electron chi connectivity index (χ3n) is 14.5. The van der Waals surface area contributed by atoms with Gasteiger partial charge in [-0.2, -0.15) is 0 Å². The summed E-state index contributed by atoms with van der Waals surface area (Å²) in [5.41, 5.74) is -0.921. The summed E-state index contributed by atoms with van der Waals surface area (Å²) in [5, 5.41) is 6.53. The number of sulfonamides is 1. The fraction of sp³-hybridized carbons (Fsp3) is 0.659. The van der Waals surface area contributed by atoms with E-state index in [1.165, 1.54) is 11.0 Å². The zero-order valence-electron chi connectivity index (χ0n) is 34.2. The van der Waals surface area contributed by atoms with Crippen molar-refractivity contribution in [1.82, 2.24) is 25.2 Å². The summed E-state index contributed by atoms with van der Waals surface area (Å²) >= 11 is 0. The van der Waals surface area contributed by atoms with E-state index in [1.54, 1.807) is 13.0 Å². The van der Waals surface area contributed by atoms with Gasteiger partial charge in [0.15, 0.2) is 0 Å². The van der Waals surface area contributed by atoms with Crippen LogP contribution in [0.4, 0.5) is 9.18 Å². The van der Waals surface area contributed by atoms with Gasteiger partial charge in [0.2, 0.25) is 21.8 Å². The van der Waals surface area contributed by atoms with Gasteiger partial charge >= 0.3 is 6.09 Å². The van der Waals surface area contributed by atoms with Crippen molar-refractivity contribution in [2.45, 2.75) is 163 Å². The number of hydrogen-bond acceptors (Lipinski definition) is 9.